The molecule has 4 heteroatoms. The number of hydrogen-bond acceptors (Lipinski definition) is 4. The number of aliphatic imine (C=N–C) groups is 1. The molecule has 5 rings (SSSR count). The molecule has 4 nitrogen and oxygen atoms in total. The van der Waals surface area contributed by atoms with Crippen LogP contribution < -0.4 is 14.4 Å². The predicted molar refractivity (Wildman–Crippen MR) is 110 cm³/mol. The van der Waals surface area contributed by atoms with Crippen molar-refractivity contribution in [1.29, 1.82) is 0 Å². The lowest BCUT2D eigenvalue weighted by atomic mass is 9.77. The second-order valence-corrected chi connectivity index (χ2v) is 7.76. The van der Waals surface area contributed by atoms with E-state index >= 15 is 0 Å². The molecule has 0 N–H and O–H groups in total. The number of hydrogen-bond donors (Lipinski definition) is 0. The Morgan fingerprint density at radius 2 is 1.81 bits per heavy atom. The molecule has 27 heavy (non-hydrogen) atoms. The fourth-order valence-electron chi connectivity index (χ4n) is 4.48. The molecular weight excluding hydrogens is 336 g/mol. The molecule has 0 unspecified atom stereocenters. The number of anilines is 1. The van der Waals surface area contributed by atoms with Crippen LogP contribution in [0.1, 0.15) is 19.4 Å². The minimum absolute atomic E-state index is 0.247. The standard InChI is InChI=1S/C23H22N2O2/c1-22(2)18-7-5-6-8-19(18)25(3)23(22)14-24-21-17-13-16(26-4)11-9-15(17)10-12-20(21)27-23/h5-14H,1-4H3/t23-/m0/s1. The zero-order chi connectivity index (χ0) is 18.8. The number of methoxy groups -OCH3 is 1. The van der Waals surface area contributed by atoms with Crippen molar-refractivity contribution >= 4 is 28.4 Å². The topological polar surface area (TPSA) is 34.1 Å². The highest BCUT2D eigenvalue weighted by Crippen LogP contribution is 2.54. The van der Waals surface area contributed by atoms with E-state index in [0.717, 1.165) is 28.0 Å². The van der Waals surface area contributed by atoms with Gasteiger partial charge in [0.2, 0.25) is 5.72 Å². The number of para-hydroxylation sites is 1. The molecule has 136 valence electrons. The summed E-state index contributed by atoms with van der Waals surface area (Å²) in [5, 5.41) is 2.16. The maximum absolute atomic E-state index is 6.71. The van der Waals surface area contributed by atoms with Crippen LogP contribution >= 0.6 is 0 Å². The lowest BCUT2D eigenvalue weighted by molar-refractivity contribution is 0.0826. The summed E-state index contributed by atoms with van der Waals surface area (Å²) in [6.07, 6.45) is 1.97. The van der Waals surface area contributed by atoms with E-state index in [1.165, 1.54) is 11.3 Å². The van der Waals surface area contributed by atoms with Gasteiger partial charge in [0.05, 0.1) is 18.7 Å². The second kappa shape index (κ2) is 5.26. The fraction of sp³-hybridized carbons (Fsp3) is 0.261. The van der Waals surface area contributed by atoms with Crippen LogP contribution in [-0.2, 0) is 5.41 Å². The van der Waals surface area contributed by atoms with Gasteiger partial charge in [-0.05, 0) is 49.1 Å². The number of rotatable bonds is 1. The highest BCUT2D eigenvalue weighted by atomic mass is 16.5. The first-order valence-electron chi connectivity index (χ1n) is 9.16. The Bertz CT molecular complexity index is 1100. The number of likely N-dealkylation sites (N-methyl/N-ethyl adjacent to an activating group) is 1. The summed E-state index contributed by atoms with van der Waals surface area (Å²) >= 11 is 0. The van der Waals surface area contributed by atoms with Gasteiger partial charge in [0.15, 0.2) is 0 Å². The van der Waals surface area contributed by atoms with Crippen molar-refractivity contribution in [2.24, 2.45) is 4.99 Å². The van der Waals surface area contributed by atoms with Gasteiger partial charge in [0.1, 0.15) is 17.2 Å². The summed E-state index contributed by atoms with van der Waals surface area (Å²) in [5.41, 5.74) is 2.40. The Hall–Kier alpha value is -3.01. The fourth-order valence-corrected chi connectivity index (χ4v) is 4.48. The van der Waals surface area contributed by atoms with Crippen LogP contribution in [0.2, 0.25) is 0 Å². The monoisotopic (exact) mass is 358 g/mol. The summed E-state index contributed by atoms with van der Waals surface area (Å²) in [7, 11) is 3.76. The molecule has 0 aromatic heterocycles. The first-order chi connectivity index (χ1) is 13.0. The zero-order valence-electron chi connectivity index (χ0n) is 16.0. The Balaban J connectivity index is 1.70. The molecule has 0 aliphatic carbocycles. The van der Waals surface area contributed by atoms with Gasteiger partial charge in [-0.25, -0.2) is 0 Å². The normalized spacial score (nSPS) is 21.9. The van der Waals surface area contributed by atoms with E-state index < -0.39 is 5.72 Å². The maximum Gasteiger partial charge on any atom is 0.228 e. The van der Waals surface area contributed by atoms with Crippen molar-refractivity contribution in [1.82, 2.24) is 0 Å². The third-order valence-corrected chi connectivity index (χ3v) is 6.13. The number of fused-ring (bicyclic) bond motifs is 4. The third-order valence-electron chi connectivity index (χ3n) is 6.13. The van der Waals surface area contributed by atoms with E-state index in [0.29, 0.717) is 0 Å². The van der Waals surface area contributed by atoms with Crippen molar-refractivity contribution in [2.45, 2.75) is 25.0 Å². The highest BCUT2D eigenvalue weighted by Gasteiger charge is 2.58. The first-order valence-corrected chi connectivity index (χ1v) is 9.16. The Labute approximate surface area is 159 Å². The SMILES string of the molecule is COc1ccc2ccc3c(c2c1)N=C[C@@]1(O3)N(C)c2ccccc2C1(C)C. The molecule has 0 saturated heterocycles. The second-order valence-electron chi connectivity index (χ2n) is 7.76. The van der Waals surface area contributed by atoms with E-state index in [1.54, 1.807) is 7.11 Å². The third kappa shape index (κ3) is 1.95. The van der Waals surface area contributed by atoms with Crippen molar-refractivity contribution in [3.8, 4) is 11.5 Å². The van der Waals surface area contributed by atoms with Gasteiger partial charge in [0, 0.05) is 18.1 Å². The average Bonchev–Trinajstić information content (AvgIpc) is 2.86. The summed E-state index contributed by atoms with van der Waals surface area (Å²) in [6, 6.07) is 18.6. The van der Waals surface area contributed by atoms with Gasteiger partial charge in [-0.2, -0.15) is 0 Å². The van der Waals surface area contributed by atoms with Crippen LogP contribution in [0.25, 0.3) is 10.8 Å². The van der Waals surface area contributed by atoms with Gasteiger partial charge >= 0.3 is 0 Å². The Morgan fingerprint density at radius 1 is 1.04 bits per heavy atom. The minimum atomic E-state index is -0.657. The molecule has 0 radical (unpaired) electrons. The molecule has 2 aliphatic heterocycles. The van der Waals surface area contributed by atoms with Gasteiger partial charge in [0.25, 0.3) is 0 Å². The Morgan fingerprint density at radius 3 is 2.59 bits per heavy atom. The van der Waals surface area contributed by atoms with Gasteiger partial charge in [-0.15, -0.1) is 0 Å². The summed E-state index contributed by atoms with van der Waals surface area (Å²) in [4.78, 5) is 7.11. The summed E-state index contributed by atoms with van der Waals surface area (Å²) in [5.74, 6) is 1.61. The molecule has 0 bridgehead atoms. The smallest absolute Gasteiger partial charge is 0.228 e. The van der Waals surface area contributed by atoms with Crippen LogP contribution in [0.5, 0.6) is 11.5 Å². The van der Waals surface area contributed by atoms with E-state index in [1.807, 2.05) is 24.4 Å². The molecule has 0 saturated carbocycles. The molecule has 1 atom stereocenters. The van der Waals surface area contributed by atoms with Crippen LogP contribution in [0, 0.1) is 0 Å². The molecular formula is C23H22N2O2. The Kier molecular flexibility index (Phi) is 3.15. The van der Waals surface area contributed by atoms with E-state index in [-0.39, 0.29) is 5.41 Å². The number of nitrogens with zero attached hydrogens (tertiary/aromatic N) is 2. The van der Waals surface area contributed by atoms with Crippen molar-refractivity contribution in [2.75, 3.05) is 19.1 Å². The minimum Gasteiger partial charge on any atom is -0.497 e. The van der Waals surface area contributed by atoms with E-state index in [2.05, 4.69) is 62.2 Å². The van der Waals surface area contributed by atoms with E-state index in [4.69, 9.17) is 14.5 Å². The summed E-state index contributed by atoms with van der Waals surface area (Å²) < 4.78 is 12.1. The molecule has 1 spiro atoms. The first kappa shape index (κ1) is 16.2. The molecule has 3 aromatic rings. The molecule has 2 aliphatic rings. The van der Waals surface area contributed by atoms with Crippen molar-refractivity contribution in [3.05, 3.63) is 60.2 Å². The lowest BCUT2D eigenvalue weighted by Gasteiger charge is -2.45. The lowest BCUT2D eigenvalue weighted by Crippen LogP contribution is -2.61. The van der Waals surface area contributed by atoms with Gasteiger partial charge in [-0.1, -0.05) is 30.3 Å². The maximum atomic E-state index is 6.71. The summed E-state index contributed by atoms with van der Waals surface area (Å²) in [6.45, 7) is 4.44. The zero-order valence-corrected chi connectivity index (χ0v) is 16.0. The van der Waals surface area contributed by atoms with Crippen LogP contribution in [0.15, 0.2) is 59.6 Å². The number of benzene rings is 3. The highest BCUT2D eigenvalue weighted by molar-refractivity contribution is 6.00. The number of ether oxygens (including phenoxy) is 2. The average molecular weight is 358 g/mol. The quantitative estimate of drug-likeness (QED) is 0.609. The molecule has 3 aromatic carbocycles. The molecule has 0 fully saturated rings. The van der Waals surface area contributed by atoms with Crippen LogP contribution in [0.3, 0.4) is 0 Å². The van der Waals surface area contributed by atoms with Crippen LogP contribution in [-0.4, -0.2) is 26.1 Å². The van der Waals surface area contributed by atoms with E-state index in [9.17, 15) is 0 Å². The van der Waals surface area contributed by atoms with Crippen molar-refractivity contribution < 1.29 is 9.47 Å². The largest absolute Gasteiger partial charge is 0.497 e. The van der Waals surface area contributed by atoms with Gasteiger partial charge in [-0.3, -0.25) is 4.99 Å². The molecule has 0 amide bonds. The van der Waals surface area contributed by atoms with Gasteiger partial charge < -0.3 is 14.4 Å². The van der Waals surface area contributed by atoms with Crippen LogP contribution in [0.4, 0.5) is 11.4 Å². The van der Waals surface area contributed by atoms with Crippen molar-refractivity contribution in [3.63, 3.8) is 0 Å². The predicted octanol–water partition coefficient (Wildman–Crippen LogP) is 5.07. The molecule has 2 heterocycles.